The van der Waals surface area contributed by atoms with Crippen molar-refractivity contribution in [3.05, 3.63) is 29.3 Å². The van der Waals surface area contributed by atoms with Crippen LogP contribution in [-0.4, -0.2) is 17.2 Å². The summed E-state index contributed by atoms with van der Waals surface area (Å²) in [5.74, 6) is 0. The van der Waals surface area contributed by atoms with Crippen LogP contribution in [0.1, 0.15) is 15.2 Å². The number of benzene rings is 1. The van der Waals surface area contributed by atoms with Crippen LogP contribution < -0.4 is 5.46 Å². The van der Waals surface area contributed by atoms with E-state index in [1.165, 1.54) is 12.1 Å². The standard InChI is InChI=1S/C8H11BO2/c1-6-3-7(2)5-8(4-6)9(10)11/h3-5,10-11H,1-2H3/i1D3. The van der Waals surface area contributed by atoms with Crippen LogP contribution in [0.25, 0.3) is 0 Å². The fraction of sp³-hybridized carbons (Fsp3) is 0.250. The second-order valence-electron chi connectivity index (χ2n) is 2.51. The summed E-state index contributed by atoms with van der Waals surface area (Å²) >= 11 is 0. The maximum Gasteiger partial charge on any atom is 0.488 e. The monoisotopic (exact) mass is 153 g/mol. The van der Waals surface area contributed by atoms with Gasteiger partial charge in [0.05, 0.1) is 0 Å². The van der Waals surface area contributed by atoms with Crippen molar-refractivity contribution in [2.45, 2.75) is 13.8 Å². The van der Waals surface area contributed by atoms with Gasteiger partial charge < -0.3 is 10.0 Å². The molecule has 1 aromatic rings. The van der Waals surface area contributed by atoms with Gasteiger partial charge in [0, 0.05) is 4.11 Å². The molecule has 0 atom stereocenters. The van der Waals surface area contributed by atoms with E-state index in [1.807, 2.05) is 0 Å². The van der Waals surface area contributed by atoms with Gasteiger partial charge >= 0.3 is 7.12 Å². The van der Waals surface area contributed by atoms with E-state index in [0.29, 0.717) is 5.56 Å². The molecule has 1 rings (SSSR count). The number of hydrogen-bond donors (Lipinski definition) is 2. The molecule has 0 unspecified atom stereocenters. The van der Waals surface area contributed by atoms with Gasteiger partial charge in [-0.05, 0) is 19.2 Å². The highest BCUT2D eigenvalue weighted by atomic mass is 16.4. The van der Waals surface area contributed by atoms with Crippen LogP contribution in [0.5, 0.6) is 0 Å². The first kappa shape index (κ1) is 4.96. The minimum Gasteiger partial charge on any atom is -0.423 e. The quantitative estimate of drug-likeness (QED) is 0.556. The predicted octanol–water partition coefficient (Wildman–Crippen LogP) is -0.0168. The van der Waals surface area contributed by atoms with E-state index >= 15 is 0 Å². The van der Waals surface area contributed by atoms with E-state index in [4.69, 9.17) is 14.2 Å². The van der Waals surface area contributed by atoms with Crippen molar-refractivity contribution in [3.63, 3.8) is 0 Å². The summed E-state index contributed by atoms with van der Waals surface area (Å²) in [6.07, 6.45) is 0. The number of rotatable bonds is 1. The molecule has 0 radical (unpaired) electrons. The molecule has 11 heavy (non-hydrogen) atoms. The highest BCUT2D eigenvalue weighted by molar-refractivity contribution is 6.58. The average molecular weight is 153 g/mol. The fourth-order valence-electron chi connectivity index (χ4n) is 0.962. The second-order valence-corrected chi connectivity index (χ2v) is 2.51. The molecule has 0 aliphatic rings. The molecule has 0 spiro atoms. The predicted molar refractivity (Wildman–Crippen MR) is 45.7 cm³/mol. The lowest BCUT2D eigenvalue weighted by atomic mass is 9.79. The molecule has 0 saturated heterocycles. The van der Waals surface area contributed by atoms with E-state index in [0.717, 1.165) is 0 Å². The lowest BCUT2D eigenvalue weighted by Crippen LogP contribution is -2.30. The summed E-state index contributed by atoms with van der Waals surface area (Å²) < 4.78 is 21.5. The molecule has 0 amide bonds. The third-order valence-corrected chi connectivity index (χ3v) is 1.40. The van der Waals surface area contributed by atoms with Crippen molar-refractivity contribution in [2.24, 2.45) is 0 Å². The molecular formula is C8H11BO2. The Morgan fingerprint density at radius 2 is 1.91 bits per heavy atom. The third kappa shape index (κ3) is 2.07. The lowest BCUT2D eigenvalue weighted by molar-refractivity contribution is 0.425. The molecule has 58 valence electrons. The SMILES string of the molecule is [2H]C([2H])([2H])c1cc(C)cc(B(O)O)c1. The Morgan fingerprint density at radius 1 is 1.27 bits per heavy atom. The average Bonchev–Trinajstić information content (AvgIpc) is 2.01. The van der Waals surface area contributed by atoms with Crippen molar-refractivity contribution in [3.8, 4) is 0 Å². The molecule has 0 aromatic heterocycles. The van der Waals surface area contributed by atoms with Gasteiger partial charge in [-0.2, -0.15) is 0 Å². The molecule has 2 N–H and O–H groups in total. The Hall–Kier alpha value is -0.795. The molecular weight excluding hydrogens is 139 g/mol. The molecule has 0 bridgehead atoms. The normalized spacial score (nSPS) is 15.0. The van der Waals surface area contributed by atoms with E-state index < -0.39 is 14.0 Å². The van der Waals surface area contributed by atoms with Crippen molar-refractivity contribution in [1.82, 2.24) is 0 Å². The van der Waals surface area contributed by atoms with Gasteiger partial charge in [-0.15, -0.1) is 0 Å². The van der Waals surface area contributed by atoms with E-state index in [1.54, 1.807) is 13.0 Å². The van der Waals surface area contributed by atoms with Gasteiger partial charge in [0.1, 0.15) is 0 Å². The van der Waals surface area contributed by atoms with Gasteiger partial charge in [0.2, 0.25) is 0 Å². The van der Waals surface area contributed by atoms with Crippen LogP contribution in [-0.2, 0) is 0 Å². The summed E-state index contributed by atoms with van der Waals surface area (Å²) in [7, 11) is -1.63. The van der Waals surface area contributed by atoms with Gasteiger partial charge in [0.15, 0.2) is 0 Å². The molecule has 0 fully saturated rings. The van der Waals surface area contributed by atoms with Crippen molar-refractivity contribution >= 4 is 12.6 Å². The molecule has 1 aromatic carbocycles. The number of aryl methyl sites for hydroxylation is 2. The smallest absolute Gasteiger partial charge is 0.423 e. The summed E-state index contributed by atoms with van der Waals surface area (Å²) in [5.41, 5.74) is 1.03. The lowest BCUT2D eigenvalue weighted by Gasteiger charge is -2.02. The Bertz CT molecular complexity index is 336. The van der Waals surface area contributed by atoms with Crippen LogP contribution in [0, 0.1) is 13.8 Å². The zero-order valence-electron chi connectivity index (χ0n) is 9.20. The topological polar surface area (TPSA) is 40.5 Å². The number of hydrogen-bond acceptors (Lipinski definition) is 2. The molecule has 0 aliphatic carbocycles. The highest BCUT2D eigenvalue weighted by Gasteiger charge is 2.10. The summed E-state index contributed by atoms with van der Waals surface area (Å²) in [6, 6.07) is 4.34. The van der Waals surface area contributed by atoms with Crippen LogP contribution in [0.4, 0.5) is 0 Å². The molecule has 0 saturated carbocycles. The second kappa shape index (κ2) is 3.07. The van der Waals surface area contributed by atoms with Gasteiger partial charge in [-0.1, -0.05) is 29.3 Å². The Labute approximate surface area is 70.9 Å². The van der Waals surface area contributed by atoms with Crippen LogP contribution >= 0.6 is 0 Å². The van der Waals surface area contributed by atoms with E-state index in [9.17, 15) is 0 Å². The van der Waals surface area contributed by atoms with Crippen LogP contribution in [0.2, 0.25) is 0 Å². The molecule has 0 aliphatic heterocycles. The van der Waals surface area contributed by atoms with Crippen molar-refractivity contribution < 1.29 is 14.2 Å². The largest absolute Gasteiger partial charge is 0.488 e. The maximum absolute atomic E-state index is 8.91. The van der Waals surface area contributed by atoms with Gasteiger partial charge in [0.25, 0.3) is 0 Å². The fourth-order valence-corrected chi connectivity index (χ4v) is 0.962. The molecule has 3 heteroatoms. The first-order chi connectivity index (χ1) is 6.30. The molecule has 0 heterocycles. The first-order valence-electron chi connectivity index (χ1n) is 4.79. The first-order valence-corrected chi connectivity index (χ1v) is 3.29. The summed E-state index contributed by atoms with van der Waals surface area (Å²) in [6.45, 7) is -0.503. The summed E-state index contributed by atoms with van der Waals surface area (Å²) in [5, 5.41) is 17.8. The minimum absolute atomic E-state index is 0.126. The Balaban J connectivity index is 3.21. The van der Waals surface area contributed by atoms with Crippen LogP contribution in [0.15, 0.2) is 18.2 Å². The zero-order chi connectivity index (χ0) is 10.9. The highest BCUT2D eigenvalue weighted by Crippen LogP contribution is 1.99. The zero-order valence-corrected chi connectivity index (χ0v) is 6.20. The Morgan fingerprint density at radius 3 is 2.45 bits per heavy atom. The molecule has 2 nitrogen and oxygen atoms in total. The van der Waals surface area contributed by atoms with Crippen molar-refractivity contribution in [1.29, 1.82) is 0 Å². The Kier molecular flexibility index (Phi) is 1.38. The minimum atomic E-state index is -2.21. The van der Waals surface area contributed by atoms with Crippen LogP contribution in [0.3, 0.4) is 0 Å². The van der Waals surface area contributed by atoms with Gasteiger partial charge in [-0.25, -0.2) is 0 Å². The summed E-state index contributed by atoms with van der Waals surface area (Å²) in [4.78, 5) is 0. The van der Waals surface area contributed by atoms with E-state index in [-0.39, 0.29) is 11.0 Å². The third-order valence-electron chi connectivity index (χ3n) is 1.40. The maximum atomic E-state index is 8.91. The van der Waals surface area contributed by atoms with E-state index in [2.05, 4.69) is 0 Å². The van der Waals surface area contributed by atoms with Crippen molar-refractivity contribution in [2.75, 3.05) is 0 Å². The van der Waals surface area contributed by atoms with Gasteiger partial charge in [-0.3, -0.25) is 0 Å².